The van der Waals surface area contributed by atoms with Crippen molar-refractivity contribution >= 4 is 5.91 Å². The molecule has 4 saturated carbocycles. The number of nitrogens with one attached hydrogen (secondary N) is 1. The lowest BCUT2D eigenvalue weighted by molar-refractivity contribution is -0.0119. The molecule has 1 amide bonds. The van der Waals surface area contributed by atoms with Gasteiger partial charge in [0, 0.05) is 12.2 Å². The predicted molar refractivity (Wildman–Crippen MR) is 72.5 cm³/mol. The Kier molecular flexibility index (Phi) is 2.79. The molecular weight excluding hydrogens is 255 g/mol. The lowest BCUT2D eigenvalue weighted by atomic mass is 9.54. The Bertz CT molecular complexity index is 500. The van der Waals surface area contributed by atoms with E-state index in [0.717, 1.165) is 11.8 Å². The predicted octanol–water partition coefficient (Wildman–Crippen LogP) is 2.78. The van der Waals surface area contributed by atoms with Crippen LogP contribution in [0.15, 0.2) is 18.3 Å². The van der Waals surface area contributed by atoms with Crippen molar-refractivity contribution in [1.29, 1.82) is 0 Å². The van der Waals surface area contributed by atoms with Crippen molar-refractivity contribution < 1.29 is 9.18 Å². The fraction of sp³-hybridized carbons (Fsp3) is 0.625. The molecule has 0 saturated heterocycles. The Labute approximate surface area is 118 Å². The first-order valence-corrected chi connectivity index (χ1v) is 7.61. The third-order valence-corrected chi connectivity index (χ3v) is 5.51. The second-order valence-electron chi connectivity index (χ2n) is 6.80. The first-order valence-electron chi connectivity index (χ1n) is 7.61. The van der Waals surface area contributed by atoms with Crippen LogP contribution in [0.5, 0.6) is 0 Å². The molecule has 4 aliphatic carbocycles. The topological polar surface area (TPSA) is 42.0 Å². The van der Waals surface area contributed by atoms with Gasteiger partial charge in [-0.1, -0.05) is 0 Å². The molecule has 0 radical (unpaired) electrons. The van der Waals surface area contributed by atoms with Gasteiger partial charge in [0.25, 0.3) is 5.91 Å². The summed E-state index contributed by atoms with van der Waals surface area (Å²) >= 11 is 0. The summed E-state index contributed by atoms with van der Waals surface area (Å²) in [6.45, 7) is 0. The molecule has 0 aliphatic heterocycles. The first kappa shape index (κ1) is 12.3. The average Bonchev–Trinajstić information content (AvgIpc) is 2.42. The fourth-order valence-corrected chi connectivity index (χ4v) is 4.91. The van der Waals surface area contributed by atoms with Crippen LogP contribution in [0.25, 0.3) is 0 Å². The van der Waals surface area contributed by atoms with Crippen LogP contribution in [0.2, 0.25) is 0 Å². The molecular formula is C16H19FN2O. The highest BCUT2D eigenvalue weighted by atomic mass is 19.1. The largest absolute Gasteiger partial charge is 0.349 e. The summed E-state index contributed by atoms with van der Waals surface area (Å²) in [4.78, 5) is 15.8. The lowest BCUT2D eigenvalue weighted by Gasteiger charge is -2.54. The summed E-state index contributed by atoms with van der Waals surface area (Å²) in [6.07, 6.45) is 7.84. The normalized spacial score (nSPS) is 38.0. The first-order chi connectivity index (χ1) is 9.69. The molecule has 5 rings (SSSR count). The number of carbonyl (C=O) groups excluding carboxylic acids is 1. The summed E-state index contributed by atoms with van der Waals surface area (Å²) in [5.41, 5.74) is 0.459. The van der Waals surface area contributed by atoms with Gasteiger partial charge in [0.1, 0.15) is 0 Å². The Morgan fingerprint density at radius 2 is 1.75 bits per heavy atom. The van der Waals surface area contributed by atoms with Crippen LogP contribution in [0.4, 0.5) is 4.39 Å². The van der Waals surface area contributed by atoms with E-state index in [-0.39, 0.29) is 5.91 Å². The highest BCUT2D eigenvalue weighted by Crippen LogP contribution is 2.53. The number of aromatic nitrogens is 1. The number of hydrogen-bond donors (Lipinski definition) is 1. The molecule has 3 nitrogen and oxygen atoms in total. The molecule has 4 fully saturated rings. The van der Waals surface area contributed by atoms with Crippen molar-refractivity contribution in [3.8, 4) is 0 Å². The van der Waals surface area contributed by atoms with Gasteiger partial charge in [-0.2, -0.15) is 4.39 Å². The minimum atomic E-state index is -0.545. The molecule has 1 N–H and O–H groups in total. The van der Waals surface area contributed by atoms with Gasteiger partial charge in [0.15, 0.2) is 0 Å². The number of amides is 1. The molecule has 1 heterocycles. The fourth-order valence-electron chi connectivity index (χ4n) is 4.91. The number of carbonyl (C=O) groups is 1. The summed E-state index contributed by atoms with van der Waals surface area (Å²) in [7, 11) is 0. The van der Waals surface area contributed by atoms with Gasteiger partial charge in [0.2, 0.25) is 5.95 Å². The maximum atomic E-state index is 12.8. The number of hydrogen-bond acceptors (Lipinski definition) is 2. The van der Waals surface area contributed by atoms with Crippen LogP contribution in [0.1, 0.15) is 42.5 Å². The monoisotopic (exact) mass is 274 g/mol. The molecule has 106 valence electrons. The Morgan fingerprint density at radius 1 is 1.10 bits per heavy atom. The van der Waals surface area contributed by atoms with Crippen LogP contribution < -0.4 is 5.32 Å². The zero-order chi connectivity index (χ0) is 13.7. The van der Waals surface area contributed by atoms with Crippen LogP contribution in [-0.2, 0) is 0 Å². The van der Waals surface area contributed by atoms with Crippen molar-refractivity contribution in [3.05, 3.63) is 29.8 Å². The van der Waals surface area contributed by atoms with E-state index < -0.39 is 5.95 Å². The highest BCUT2D eigenvalue weighted by molar-refractivity contribution is 5.94. The summed E-state index contributed by atoms with van der Waals surface area (Å²) < 4.78 is 12.8. The molecule has 0 atom stereocenters. The zero-order valence-corrected chi connectivity index (χ0v) is 11.4. The Hall–Kier alpha value is -1.45. The van der Waals surface area contributed by atoms with E-state index in [1.54, 1.807) is 0 Å². The molecule has 0 spiro atoms. The second-order valence-corrected chi connectivity index (χ2v) is 6.80. The van der Waals surface area contributed by atoms with E-state index >= 15 is 0 Å². The van der Waals surface area contributed by atoms with Gasteiger partial charge in [-0.25, -0.2) is 4.98 Å². The van der Waals surface area contributed by atoms with E-state index in [2.05, 4.69) is 10.3 Å². The van der Waals surface area contributed by atoms with E-state index in [4.69, 9.17) is 0 Å². The number of pyridine rings is 1. The van der Waals surface area contributed by atoms with Crippen LogP contribution in [-0.4, -0.2) is 16.9 Å². The summed E-state index contributed by atoms with van der Waals surface area (Å²) in [5, 5.41) is 3.20. The van der Waals surface area contributed by atoms with E-state index in [0.29, 0.717) is 23.4 Å². The Morgan fingerprint density at radius 3 is 2.30 bits per heavy atom. The smallest absolute Gasteiger partial charge is 0.253 e. The van der Waals surface area contributed by atoms with Crippen molar-refractivity contribution in [3.63, 3.8) is 0 Å². The molecule has 1 aromatic heterocycles. The van der Waals surface area contributed by atoms with E-state index in [1.165, 1.54) is 50.4 Å². The quantitative estimate of drug-likeness (QED) is 0.843. The minimum absolute atomic E-state index is 0.102. The van der Waals surface area contributed by atoms with Gasteiger partial charge in [-0.3, -0.25) is 4.79 Å². The van der Waals surface area contributed by atoms with Gasteiger partial charge >= 0.3 is 0 Å². The third kappa shape index (κ3) is 2.02. The molecule has 20 heavy (non-hydrogen) atoms. The summed E-state index contributed by atoms with van der Waals surface area (Å²) in [6, 6.07) is 3.07. The maximum absolute atomic E-state index is 12.8. The van der Waals surface area contributed by atoms with Gasteiger partial charge < -0.3 is 5.32 Å². The average molecular weight is 274 g/mol. The highest BCUT2D eigenvalue weighted by Gasteiger charge is 2.48. The van der Waals surface area contributed by atoms with Crippen molar-refractivity contribution in [2.45, 2.75) is 38.1 Å². The number of nitrogens with zero attached hydrogens (tertiary/aromatic N) is 1. The standard InChI is InChI=1S/C16H19FN2O/c17-14-2-1-11(8-18-14)16(20)19-15-12-4-9-3-10(6-12)7-13(15)5-9/h1-2,8-10,12-13,15H,3-7H2,(H,19,20). The molecule has 4 aliphatic rings. The van der Waals surface area contributed by atoms with E-state index in [1.807, 2.05) is 0 Å². The van der Waals surface area contributed by atoms with Crippen LogP contribution >= 0.6 is 0 Å². The van der Waals surface area contributed by atoms with E-state index in [9.17, 15) is 9.18 Å². The summed E-state index contributed by atoms with van der Waals surface area (Å²) in [5.74, 6) is 2.47. The molecule has 0 aromatic carbocycles. The van der Waals surface area contributed by atoms with Crippen molar-refractivity contribution in [2.75, 3.05) is 0 Å². The maximum Gasteiger partial charge on any atom is 0.253 e. The third-order valence-electron chi connectivity index (χ3n) is 5.51. The van der Waals surface area contributed by atoms with Gasteiger partial charge in [0.05, 0.1) is 5.56 Å². The van der Waals surface area contributed by atoms with Crippen molar-refractivity contribution in [2.24, 2.45) is 23.7 Å². The number of halogens is 1. The van der Waals surface area contributed by atoms with Gasteiger partial charge in [-0.15, -0.1) is 0 Å². The molecule has 0 unspecified atom stereocenters. The zero-order valence-electron chi connectivity index (χ0n) is 11.4. The minimum Gasteiger partial charge on any atom is -0.349 e. The van der Waals surface area contributed by atoms with Crippen LogP contribution in [0, 0.1) is 29.6 Å². The van der Waals surface area contributed by atoms with Gasteiger partial charge in [-0.05, 0) is 67.9 Å². The Balaban J connectivity index is 1.49. The second kappa shape index (κ2) is 4.54. The molecule has 1 aromatic rings. The molecule has 4 heteroatoms. The van der Waals surface area contributed by atoms with Crippen molar-refractivity contribution in [1.82, 2.24) is 10.3 Å². The SMILES string of the molecule is O=C(NC1C2CC3CC(C2)CC1C3)c1ccc(F)nc1. The molecule has 4 bridgehead atoms. The van der Waals surface area contributed by atoms with Crippen LogP contribution in [0.3, 0.4) is 0 Å². The number of rotatable bonds is 2. The lowest BCUT2D eigenvalue weighted by Crippen LogP contribution is -2.55.